The molecule has 2 aromatic heterocycles. The highest BCUT2D eigenvalue weighted by Crippen LogP contribution is 2.33. The van der Waals surface area contributed by atoms with Gasteiger partial charge >= 0.3 is 0 Å². The summed E-state index contributed by atoms with van der Waals surface area (Å²) < 4.78 is 12.5. The largest absolute Gasteiger partial charge is 0.394 e. The van der Waals surface area contributed by atoms with Gasteiger partial charge in [0.1, 0.15) is 31.4 Å². The average molecular weight is 311 g/mol. The quantitative estimate of drug-likeness (QED) is 0.484. The summed E-state index contributed by atoms with van der Waals surface area (Å²) in [5.74, 6) is 0.387. The van der Waals surface area contributed by atoms with E-state index < -0.39 is 24.5 Å². The molecule has 3 rings (SSSR count). The standard InChI is InChI=1S/C12H17N5O5/c1-21-9-8(20)6(2-18)22-12(9)17-4-15-7-10(16-5-19)13-3-14-11(7)17/h3-4,6,8-9,12,18-20H,2,5H2,1H3,(H,13,14,16)/t6-,8-,9-,12-/m1/s1. The second kappa shape index (κ2) is 6.10. The Balaban J connectivity index is 2.01. The van der Waals surface area contributed by atoms with Crippen molar-refractivity contribution in [2.24, 2.45) is 0 Å². The van der Waals surface area contributed by atoms with Crippen molar-refractivity contribution in [1.82, 2.24) is 19.5 Å². The Morgan fingerprint density at radius 1 is 1.36 bits per heavy atom. The summed E-state index contributed by atoms with van der Waals surface area (Å²) in [7, 11) is 1.46. The second-order valence-electron chi connectivity index (χ2n) is 4.82. The molecule has 4 atom stereocenters. The van der Waals surface area contributed by atoms with Gasteiger partial charge in [0.2, 0.25) is 0 Å². The molecule has 1 aliphatic heterocycles. The Morgan fingerprint density at radius 2 is 2.18 bits per heavy atom. The molecule has 4 N–H and O–H groups in total. The van der Waals surface area contributed by atoms with E-state index in [0.717, 1.165) is 0 Å². The Bertz CT molecular complexity index is 650. The van der Waals surface area contributed by atoms with E-state index in [4.69, 9.17) is 14.6 Å². The van der Waals surface area contributed by atoms with Crippen LogP contribution < -0.4 is 5.32 Å². The van der Waals surface area contributed by atoms with Crippen molar-refractivity contribution < 1.29 is 24.8 Å². The summed E-state index contributed by atoms with van der Waals surface area (Å²) in [6, 6.07) is 0. The van der Waals surface area contributed by atoms with E-state index in [1.165, 1.54) is 19.8 Å². The highest BCUT2D eigenvalue weighted by molar-refractivity contribution is 5.82. The number of methoxy groups -OCH3 is 1. The maximum absolute atomic E-state index is 10.1. The molecule has 120 valence electrons. The minimum atomic E-state index is -0.964. The van der Waals surface area contributed by atoms with Gasteiger partial charge in [0, 0.05) is 7.11 Å². The normalized spacial score (nSPS) is 28.4. The molecule has 0 aromatic carbocycles. The van der Waals surface area contributed by atoms with Crippen LogP contribution >= 0.6 is 0 Å². The van der Waals surface area contributed by atoms with Crippen molar-refractivity contribution >= 4 is 17.0 Å². The van der Waals surface area contributed by atoms with Gasteiger partial charge in [-0.3, -0.25) is 4.57 Å². The number of fused-ring (bicyclic) bond motifs is 1. The van der Waals surface area contributed by atoms with Crippen molar-refractivity contribution in [3.63, 3.8) is 0 Å². The van der Waals surface area contributed by atoms with Gasteiger partial charge in [0.25, 0.3) is 0 Å². The lowest BCUT2D eigenvalue weighted by molar-refractivity contribution is -0.0583. The molecule has 1 saturated heterocycles. The van der Waals surface area contributed by atoms with Gasteiger partial charge in [-0.15, -0.1) is 0 Å². The molecule has 3 heterocycles. The van der Waals surface area contributed by atoms with Gasteiger partial charge in [-0.25, -0.2) is 15.0 Å². The number of aliphatic hydroxyl groups excluding tert-OH is 3. The summed E-state index contributed by atoms with van der Waals surface area (Å²) in [5.41, 5.74) is 0.917. The Kier molecular flexibility index (Phi) is 4.18. The van der Waals surface area contributed by atoms with Crippen LogP contribution in [0.1, 0.15) is 6.23 Å². The number of nitrogens with one attached hydrogen (secondary N) is 1. The minimum Gasteiger partial charge on any atom is -0.394 e. The van der Waals surface area contributed by atoms with E-state index in [1.54, 1.807) is 4.57 Å². The molecule has 10 heteroatoms. The molecular weight excluding hydrogens is 294 g/mol. The molecule has 0 bridgehead atoms. The van der Waals surface area contributed by atoms with Crippen LogP contribution in [-0.2, 0) is 9.47 Å². The summed E-state index contributed by atoms with van der Waals surface area (Å²) in [6.45, 7) is -0.610. The van der Waals surface area contributed by atoms with Gasteiger partial charge in [0.05, 0.1) is 12.9 Å². The van der Waals surface area contributed by atoms with Gasteiger partial charge < -0.3 is 30.1 Å². The molecule has 0 radical (unpaired) electrons. The first kappa shape index (κ1) is 15.1. The number of rotatable bonds is 5. The molecule has 0 aliphatic carbocycles. The number of hydrogen-bond acceptors (Lipinski definition) is 9. The monoisotopic (exact) mass is 311 g/mol. The predicted octanol–water partition coefficient (Wildman–Crippen LogP) is -1.55. The molecule has 10 nitrogen and oxygen atoms in total. The summed E-state index contributed by atoms with van der Waals surface area (Å²) in [4.78, 5) is 12.4. The third-order valence-corrected chi connectivity index (χ3v) is 3.64. The lowest BCUT2D eigenvalue weighted by atomic mass is 10.1. The second-order valence-corrected chi connectivity index (χ2v) is 4.82. The molecule has 1 aliphatic rings. The first-order valence-electron chi connectivity index (χ1n) is 6.70. The number of hydrogen-bond donors (Lipinski definition) is 4. The molecular formula is C12H17N5O5. The third-order valence-electron chi connectivity index (χ3n) is 3.64. The van der Waals surface area contributed by atoms with Crippen LogP contribution in [0.15, 0.2) is 12.7 Å². The first-order chi connectivity index (χ1) is 10.7. The van der Waals surface area contributed by atoms with Crippen molar-refractivity contribution in [3.05, 3.63) is 12.7 Å². The fraction of sp³-hybridized carbons (Fsp3) is 0.583. The average Bonchev–Trinajstić information content (AvgIpc) is 3.08. The lowest BCUT2D eigenvalue weighted by Gasteiger charge is -2.19. The number of anilines is 1. The van der Waals surface area contributed by atoms with Crippen molar-refractivity contribution in [2.45, 2.75) is 24.5 Å². The number of aliphatic hydroxyl groups is 3. The van der Waals surface area contributed by atoms with Gasteiger partial charge in [-0.1, -0.05) is 0 Å². The topological polar surface area (TPSA) is 135 Å². The Hall–Kier alpha value is -1.85. The van der Waals surface area contributed by atoms with Crippen LogP contribution in [0.4, 0.5) is 5.82 Å². The van der Waals surface area contributed by atoms with Crippen LogP contribution in [0.3, 0.4) is 0 Å². The van der Waals surface area contributed by atoms with Crippen molar-refractivity contribution in [2.75, 3.05) is 25.8 Å². The number of ether oxygens (including phenoxy) is 2. The molecule has 0 amide bonds. The van der Waals surface area contributed by atoms with Crippen LogP contribution in [-0.4, -0.2) is 73.6 Å². The van der Waals surface area contributed by atoms with Crippen LogP contribution in [0.5, 0.6) is 0 Å². The maximum Gasteiger partial charge on any atom is 0.167 e. The lowest BCUT2D eigenvalue weighted by Crippen LogP contribution is -2.34. The first-order valence-corrected chi connectivity index (χ1v) is 6.70. The SMILES string of the molecule is CO[C@@H]1[C@H](O)[C@@H](CO)O[C@H]1n1cnc2c(NCO)ncnc21. The molecule has 1 fully saturated rings. The fourth-order valence-corrected chi connectivity index (χ4v) is 2.59. The molecule has 0 spiro atoms. The van der Waals surface area contributed by atoms with E-state index in [9.17, 15) is 10.2 Å². The molecule has 22 heavy (non-hydrogen) atoms. The van der Waals surface area contributed by atoms with E-state index in [1.807, 2.05) is 0 Å². The zero-order valence-electron chi connectivity index (χ0n) is 11.8. The molecule has 0 unspecified atom stereocenters. The van der Waals surface area contributed by atoms with Crippen LogP contribution in [0.25, 0.3) is 11.2 Å². The Morgan fingerprint density at radius 3 is 2.86 bits per heavy atom. The zero-order chi connectivity index (χ0) is 15.7. The number of nitrogens with zero attached hydrogens (tertiary/aromatic N) is 4. The van der Waals surface area contributed by atoms with E-state index in [0.29, 0.717) is 17.0 Å². The van der Waals surface area contributed by atoms with Gasteiger partial charge in [0.15, 0.2) is 23.2 Å². The van der Waals surface area contributed by atoms with Crippen molar-refractivity contribution in [3.8, 4) is 0 Å². The summed E-state index contributed by atoms with van der Waals surface area (Å²) in [5, 5.41) is 31.0. The van der Waals surface area contributed by atoms with E-state index in [2.05, 4.69) is 20.3 Å². The van der Waals surface area contributed by atoms with E-state index in [-0.39, 0.29) is 13.3 Å². The smallest absolute Gasteiger partial charge is 0.167 e. The summed E-state index contributed by atoms with van der Waals surface area (Å²) >= 11 is 0. The maximum atomic E-state index is 10.1. The highest BCUT2D eigenvalue weighted by Gasteiger charge is 2.45. The fourth-order valence-electron chi connectivity index (χ4n) is 2.59. The van der Waals surface area contributed by atoms with Crippen LogP contribution in [0, 0.1) is 0 Å². The molecule has 2 aromatic rings. The summed E-state index contributed by atoms with van der Waals surface area (Å²) in [6.07, 6.45) is -0.239. The van der Waals surface area contributed by atoms with Gasteiger partial charge in [-0.05, 0) is 0 Å². The van der Waals surface area contributed by atoms with Gasteiger partial charge in [-0.2, -0.15) is 0 Å². The predicted molar refractivity (Wildman–Crippen MR) is 73.8 cm³/mol. The van der Waals surface area contributed by atoms with E-state index >= 15 is 0 Å². The van der Waals surface area contributed by atoms with Crippen LogP contribution in [0.2, 0.25) is 0 Å². The van der Waals surface area contributed by atoms with Crippen molar-refractivity contribution in [1.29, 1.82) is 0 Å². The molecule has 0 saturated carbocycles. The third kappa shape index (κ3) is 2.30. The zero-order valence-corrected chi connectivity index (χ0v) is 11.8. The Labute approximate surface area is 125 Å². The minimum absolute atomic E-state index is 0.287. The number of imidazole rings is 1. The highest BCUT2D eigenvalue weighted by atomic mass is 16.6. The number of aromatic nitrogens is 4.